The Hall–Kier alpha value is -1.13. The van der Waals surface area contributed by atoms with Gasteiger partial charge in [0.15, 0.2) is 0 Å². The molecule has 1 aliphatic rings. The molecule has 1 aliphatic heterocycles. The van der Waals surface area contributed by atoms with E-state index in [1.165, 1.54) is 0 Å². The SMILES string of the molecule is CC1CC(=O)NNC1/C=C/c1ccc(Br)cc1. The third-order valence-corrected chi connectivity index (χ3v) is 3.39. The van der Waals surface area contributed by atoms with Crippen LogP contribution in [0.4, 0.5) is 0 Å². The fourth-order valence-corrected chi connectivity index (χ4v) is 2.07. The molecule has 0 spiro atoms. The van der Waals surface area contributed by atoms with E-state index in [0.29, 0.717) is 12.3 Å². The molecule has 1 aromatic carbocycles. The van der Waals surface area contributed by atoms with Crippen LogP contribution in [0.25, 0.3) is 6.08 Å². The lowest BCUT2D eigenvalue weighted by Crippen LogP contribution is -2.52. The molecule has 2 rings (SSSR count). The smallest absolute Gasteiger partial charge is 0.234 e. The molecule has 0 bridgehead atoms. The van der Waals surface area contributed by atoms with E-state index in [-0.39, 0.29) is 11.9 Å². The third-order valence-electron chi connectivity index (χ3n) is 2.86. The molecule has 3 nitrogen and oxygen atoms in total. The van der Waals surface area contributed by atoms with Crippen LogP contribution in [-0.4, -0.2) is 11.9 Å². The van der Waals surface area contributed by atoms with Crippen molar-refractivity contribution in [1.82, 2.24) is 10.9 Å². The summed E-state index contributed by atoms with van der Waals surface area (Å²) in [5, 5.41) is 0. The van der Waals surface area contributed by atoms with Crippen LogP contribution in [0.5, 0.6) is 0 Å². The van der Waals surface area contributed by atoms with Crippen LogP contribution in [0.1, 0.15) is 18.9 Å². The third kappa shape index (κ3) is 3.41. The van der Waals surface area contributed by atoms with Crippen LogP contribution in [-0.2, 0) is 4.79 Å². The highest BCUT2D eigenvalue weighted by molar-refractivity contribution is 9.10. The molecule has 0 saturated carbocycles. The first-order valence-electron chi connectivity index (χ1n) is 5.63. The van der Waals surface area contributed by atoms with E-state index in [4.69, 9.17) is 0 Å². The molecule has 1 fully saturated rings. The van der Waals surface area contributed by atoms with E-state index >= 15 is 0 Å². The number of rotatable bonds is 2. The molecule has 0 aromatic heterocycles. The van der Waals surface area contributed by atoms with Gasteiger partial charge in [-0.3, -0.25) is 10.2 Å². The lowest BCUT2D eigenvalue weighted by atomic mass is 9.96. The van der Waals surface area contributed by atoms with Gasteiger partial charge in [-0.1, -0.05) is 47.1 Å². The summed E-state index contributed by atoms with van der Waals surface area (Å²) < 4.78 is 1.08. The first-order valence-corrected chi connectivity index (χ1v) is 6.42. The van der Waals surface area contributed by atoms with Gasteiger partial charge in [-0.15, -0.1) is 0 Å². The van der Waals surface area contributed by atoms with Gasteiger partial charge in [0.25, 0.3) is 0 Å². The van der Waals surface area contributed by atoms with Crippen molar-refractivity contribution in [2.24, 2.45) is 5.92 Å². The normalized spacial score (nSPS) is 24.9. The molecule has 4 heteroatoms. The Kier molecular flexibility index (Phi) is 3.97. The molecule has 1 saturated heterocycles. The summed E-state index contributed by atoms with van der Waals surface area (Å²) in [7, 11) is 0. The van der Waals surface area contributed by atoms with Gasteiger partial charge >= 0.3 is 0 Å². The summed E-state index contributed by atoms with van der Waals surface area (Å²) in [5.74, 6) is 0.376. The zero-order valence-corrected chi connectivity index (χ0v) is 11.2. The van der Waals surface area contributed by atoms with Gasteiger partial charge in [-0.25, -0.2) is 5.43 Å². The molecule has 0 aliphatic carbocycles. The zero-order chi connectivity index (χ0) is 12.3. The minimum atomic E-state index is 0.0609. The Morgan fingerprint density at radius 3 is 2.71 bits per heavy atom. The molecule has 2 atom stereocenters. The summed E-state index contributed by atoms with van der Waals surface area (Å²) in [6.45, 7) is 2.07. The van der Waals surface area contributed by atoms with Gasteiger partial charge in [0, 0.05) is 16.9 Å². The van der Waals surface area contributed by atoms with Crippen molar-refractivity contribution < 1.29 is 4.79 Å². The second kappa shape index (κ2) is 5.47. The van der Waals surface area contributed by atoms with E-state index in [9.17, 15) is 4.79 Å². The van der Waals surface area contributed by atoms with Gasteiger partial charge in [-0.05, 0) is 23.6 Å². The van der Waals surface area contributed by atoms with Crippen LogP contribution < -0.4 is 10.9 Å². The topological polar surface area (TPSA) is 41.1 Å². The number of hydrazine groups is 1. The van der Waals surface area contributed by atoms with Crippen LogP contribution in [0, 0.1) is 5.92 Å². The maximum Gasteiger partial charge on any atom is 0.234 e. The number of nitrogens with one attached hydrogen (secondary N) is 2. The summed E-state index contributed by atoms with van der Waals surface area (Å²) >= 11 is 3.41. The quantitative estimate of drug-likeness (QED) is 0.880. The molecule has 2 unspecified atom stereocenters. The van der Waals surface area contributed by atoms with Crippen molar-refractivity contribution in [2.45, 2.75) is 19.4 Å². The second-order valence-electron chi connectivity index (χ2n) is 4.31. The Morgan fingerprint density at radius 1 is 1.35 bits per heavy atom. The minimum Gasteiger partial charge on any atom is -0.291 e. The Morgan fingerprint density at radius 2 is 2.06 bits per heavy atom. The van der Waals surface area contributed by atoms with Crippen molar-refractivity contribution in [3.05, 3.63) is 40.4 Å². The minimum absolute atomic E-state index is 0.0609. The van der Waals surface area contributed by atoms with Crippen LogP contribution in [0.3, 0.4) is 0 Å². The summed E-state index contributed by atoms with van der Waals surface area (Å²) in [6, 6.07) is 8.31. The maximum atomic E-state index is 11.1. The molecule has 1 aromatic rings. The Balaban J connectivity index is 2.00. The van der Waals surface area contributed by atoms with Crippen molar-refractivity contribution >= 4 is 27.9 Å². The van der Waals surface area contributed by atoms with Gasteiger partial charge in [0.2, 0.25) is 5.91 Å². The summed E-state index contributed by atoms with van der Waals surface area (Å²) in [4.78, 5) is 11.1. The average Bonchev–Trinajstić information content (AvgIpc) is 2.30. The molecule has 90 valence electrons. The highest BCUT2D eigenvalue weighted by atomic mass is 79.9. The highest BCUT2D eigenvalue weighted by Gasteiger charge is 2.22. The van der Waals surface area contributed by atoms with Crippen LogP contribution >= 0.6 is 15.9 Å². The average molecular weight is 295 g/mol. The number of carbonyl (C=O) groups is 1. The van der Waals surface area contributed by atoms with Crippen molar-refractivity contribution in [2.75, 3.05) is 0 Å². The predicted molar refractivity (Wildman–Crippen MR) is 72.0 cm³/mol. The summed E-state index contributed by atoms with van der Waals surface area (Å²) in [5.41, 5.74) is 6.82. The highest BCUT2D eigenvalue weighted by Crippen LogP contribution is 2.15. The molecule has 17 heavy (non-hydrogen) atoms. The van der Waals surface area contributed by atoms with Crippen LogP contribution in [0.15, 0.2) is 34.8 Å². The largest absolute Gasteiger partial charge is 0.291 e. The fourth-order valence-electron chi connectivity index (χ4n) is 1.80. The van der Waals surface area contributed by atoms with Gasteiger partial charge < -0.3 is 0 Å². The Bertz CT molecular complexity index is 428. The number of carbonyl (C=O) groups excluding carboxylic acids is 1. The number of amides is 1. The summed E-state index contributed by atoms with van der Waals surface area (Å²) in [6.07, 6.45) is 4.73. The number of benzene rings is 1. The predicted octanol–water partition coefficient (Wildman–Crippen LogP) is 2.49. The van der Waals surface area contributed by atoms with Crippen LogP contribution in [0.2, 0.25) is 0 Å². The molecular formula is C13H15BrN2O. The molecule has 1 heterocycles. The molecule has 0 radical (unpaired) electrons. The monoisotopic (exact) mass is 294 g/mol. The number of hydrogen-bond acceptors (Lipinski definition) is 2. The van der Waals surface area contributed by atoms with E-state index < -0.39 is 0 Å². The standard InChI is InChI=1S/C13H15BrN2O/c1-9-8-13(17)16-15-12(9)7-4-10-2-5-11(14)6-3-10/h2-7,9,12,15H,8H2,1H3,(H,16,17)/b7-4+. The zero-order valence-electron chi connectivity index (χ0n) is 9.61. The van der Waals surface area contributed by atoms with Gasteiger partial charge in [-0.2, -0.15) is 0 Å². The van der Waals surface area contributed by atoms with E-state index in [1.807, 2.05) is 24.3 Å². The van der Waals surface area contributed by atoms with E-state index in [0.717, 1.165) is 10.0 Å². The fraction of sp³-hybridized carbons (Fsp3) is 0.308. The van der Waals surface area contributed by atoms with E-state index in [2.05, 4.69) is 45.9 Å². The Labute approximate surface area is 109 Å². The van der Waals surface area contributed by atoms with Gasteiger partial charge in [0.05, 0.1) is 0 Å². The first-order chi connectivity index (χ1) is 8.15. The lowest BCUT2D eigenvalue weighted by Gasteiger charge is -2.27. The number of hydrogen-bond donors (Lipinski definition) is 2. The maximum absolute atomic E-state index is 11.1. The van der Waals surface area contributed by atoms with Crippen molar-refractivity contribution in [1.29, 1.82) is 0 Å². The lowest BCUT2D eigenvalue weighted by molar-refractivity contribution is -0.125. The molecule has 1 amide bonds. The second-order valence-corrected chi connectivity index (χ2v) is 5.23. The van der Waals surface area contributed by atoms with E-state index in [1.54, 1.807) is 0 Å². The molecular weight excluding hydrogens is 280 g/mol. The molecule has 2 N–H and O–H groups in total. The van der Waals surface area contributed by atoms with Crippen molar-refractivity contribution in [3.63, 3.8) is 0 Å². The first kappa shape index (κ1) is 12.3. The number of halogens is 1. The van der Waals surface area contributed by atoms with Gasteiger partial charge in [0.1, 0.15) is 0 Å². The van der Waals surface area contributed by atoms with Crippen molar-refractivity contribution in [3.8, 4) is 0 Å².